The SMILES string of the molecule is CNC(=O)c1cc(-c2cc(OC)cc([C@@H](C)NC(=O)c3cc(N4C[C@H]5CC[C@@H](C4)N5C)ccc3C)c2)cn1C. The lowest BCUT2D eigenvalue weighted by Gasteiger charge is -2.40. The Bertz CT molecular complexity index is 1380. The molecule has 0 saturated carbocycles. The number of piperazine rings is 1. The Morgan fingerprint density at radius 2 is 1.69 bits per heavy atom. The Balaban J connectivity index is 1.37. The standard InChI is InChI=1S/C31H39N5O3/c1-19-7-8-24(36-17-25-9-10-26(18-36)35(25)5)15-28(19)30(37)33-20(2)21-11-22(13-27(12-21)39-6)23-14-29(31(38)32-3)34(4)16-23/h7-8,11-16,20,25-26H,9-10,17-18H2,1-6H3,(H,32,38)(H,33,37)/t20-,25-,26+/m1/s1. The highest BCUT2D eigenvalue weighted by molar-refractivity contribution is 5.97. The van der Waals surface area contributed by atoms with Crippen LogP contribution in [0.4, 0.5) is 5.69 Å². The first-order valence-electron chi connectivity index (χ1n) is 13.6. The number of carbonyl (C=O) groups is 2. The zero-order chi connectivity index (χ0) is 27.8. The second kappa shape index (κ2) is 10.8. The summed E-state index contributed by atoms with van der Waals surface area (Å²) in [5.41, 5.74) is 6.08. The molecule has 0 spiro atoms. The molecule has 39 heavy (non-hydrogen) atoms. The first kappa shape index (κ1) is 26.8. The van der Waals surface area contributed by atoms with Crippen LogP contribution in [-0.4, -0.2) is 67.7 Å². The molecular weight excluding hydrogens is 490 g/mol. The molecule has 5 rings (SSSR count). The average molecular weight is 530 g/mol. The number of anilines is 1. The molecule has 3 heterocycles. The van der Waals surface area contributed by atoms with Crippen molar-refractivity contribution in [1.29, 1.82) is 0 Å². The van der Waals surface area contributed by atoms with Crippen molar-refractivity contribution in [2.45, 2.75) is 44.8 Å². The number of benzene rings is 2. The van der Waals surface area contributed by atoms with Crippen LogP contribution >= 0.6 is 0 Å². The number of ether oxygens (including phenoxy) is 1. The number of methoxy groups -OCH3 is 1. The number of aryl methyl sites for hydroxylation is 2. The molecule has 0 radical (unpaired) electrons. The van der Waals surface area contributed by atoms with E-state index in [-0.39, 0.29) is 17.9 Å². The highest BCUT2D eigenvalue weighted by Crippen LogP contribution is 2.33. The highest BCUT2D eigenvalue weighted by Gasteiger charge is 2.37. The van der Waals surface area contributed by atoms with Crippen LogP contribution in [0.5, 0.6) is 5.75 Å². The molecular formula is C31H39N5O3. The van der Waals surface area contributed by atoms with Crippen LogP contribution in [-0.2, 0) is 7.05 Å². The zero-order valence-electron chi connectivity index (χ0n) is 23.7. The van der Waals surface area contributed by atoms with Crippen molar-refractivity contribution in [3.63, 3.8) is 0 Å². The maximum Gasteiger partial charge on any atom is 0.267 e. The third-order valence-corrected chi connectivity index (χ3v) is 8.49. The van der Waals surface area contributed by atoms with Gasteiger partial charge in [0.25, 0.3) is 11.8 Å². The van der Waals surface area contributed by atoms with Crippen molar-refractivity contribution < 1.29 is 14.3 Å². The minimum atomic E-state index is -0.254. The second-order valence-corrected chi connectivity index (χ2v) is 10.9. The minimum absolute atomic E-state index is 0.0927. The third kappa shape index (κ3) is 5.26. The van der Waals surface area contributed by atoms with Crippen molar-refractivity contribution >= 4 is 17.5 Å². The second-order valence-electron chi connectivity index (χ2n) is 10.9. The van der Waals surface area contributed by atoms with E-state index < -0.39 is 0 Å². The van der Waals surface area contributed by atoms with Crippen LogP contribution in [0.3, 0.4) is 0 Å². The molecule has 2 amide bonds. The van der Waals surface area contributed by atoms with E-state index in [9.17, 15) is 9.59 Å². The molecule has 2 aromatic carbocycles. The van der Waals surface area contributed by atoms with E-state index in [1.165, 1.54) is 12.8 Å². The Morgan fingerprint density at radius 1 is 0.974 bits per heavy atom. The van der Waals surface area contributed by atoms with Gasteiger partial charge in [-0.2, -0.15) is 0 Å². The Kier molecular flexibility index (Phi) is 7.40. The normalized spacial score (nSPS) is 19.6. The number of likely N-dealkylation sites (N-methyl/N-ethyl adjacent to an activating group) is 1. The summed E-state index contributed by atoms with van der Waals surface area (Å²) in [6, 6.07) is 14.9. The van der Waals surface area contributed by atoms with Crippen LogP contribution in [0.15, 0.2) is 48.7 Å². The molecule has 0 unspecified atom stereocenters. The number of nitrogens with zero attached hydrogens (tertiary/aromatic N) is 3. The van der Waals surface area contributed by atoms with Gasteiger partial charge in [-0.3, -0.25) is 14.5 Å². The van der Waals surface area contributed by atoms with E-state index in [1.54, 1.807) is 18.7 Å². The number of hydrogen-bond donors (Lipinski definition) is 2. The van der Waals surface area contributed by atoms with Gasteiger partial charge in [0.1, 0.15) is 11.4 Å². The predicted octanol–water partition coefficient (Wildman–Crippen LogP) is 4.14. The van der Waals surface area contributed by atoms with Crippen molar-refractivity contribution in [2.24, 2.45) is 7.05 Å². The molecule has 8 nitrogen and oxygen atoms in total. The Morgan fingerprint density at radius 3 is 2.36 bits per heavy atom. The van der Waals surface area contributed by atoms with Gasteiger partial charge in [-0.25, -0.2) is 0 Å². The molecule has 0 aliphatic carbocycles. The Hall–Kier alpha value is -3.78. The highest BCUT2D eigenvalue weighted by atomic mass is 16.5. The topological polar surface area (TPSA) is 78.8 Å². The van der Waals surface area contributed by atoms with Gasteiger partial charge < -0.3 is 24.8 Å². The van der Waals surface area contributed by atoms with Gasteiger partial charge in [-0.05, 0) is 86.8 Å². The van der Waals surface area contributed by atoms with Crippen LogP contribution < -0.4 is 20.3 Å². The maximum atomic E-state index is 13.5. The van der Waals surface area contributed by atoms with Crippen molar-refractivity contribution in [1.82, 2.24) is 20.1 Å². The van der Waals surface area contributed by atoms with Gasteiger partial charge in [-0.1, -0.05) is 6.07 Å². The molecule has 2 saturated heterocycles. The smallest absolute Gasteiger partial charge is 0.267 e. The summed E-state index contributed by atoms with van der Waals surface area (Å²) in [6.45, 7) is 5.97. The van der Waals surface area contributed by atoms with E-state index >= 15 is 0 Å². The molecule has 2 aliphatic heterocycles. The number of aromatic nitrogens is 1. The summed E-state index contributed by atoms with van der Waals surface area (Å²) in [6.07, 6.45) is 4.41. The monoisotopic (exact) mass is 529 g/mol. The quantitative estimate of drug-likeness (QED) is 0.481. The minimum Gasteiger partial charge on any atom is -0.497 e. The van der Waals surface area contributed by atoms with Crippen LogP contribution in [0.1, 0.15) is 57.8 Å². The first-order chi connectivity index (χ1) is 18.7. The molecule has 3 aromatic rings. The predicted molar refractivity (Wildman–Crippen MR) is 155 cm³/mol. The maximum absolute atomic E-state index is 13.5. The summed E-state index contributed by atoms with van der Waals surface area (Å²) < 4.78 is 7.39. The lowest BCUT2D eigenvalue weighted by Crippen LogP contribution is -2.52. The van der Waals surface area contributed by atoms with Gasteiger partial charge in [0.2, 0.25) is 0 Å². The van der Waals surface area contributed by atoms with E-state index in [1.807, 2.05) is 57.4 Å². The van der Waals surface area contributed by atoms with Gasteiger partial charge >= 0.3 is 0 Å². The van der Waals surface area contributed by atoms with E-state index in [4.69, 9.17) is 4.74 Å². The van der Waals surface area contributed by atoms with Crippen molar-refractivity contribution in [3.8, 4) is 16.9 Å². The number of carbonyl (C=O) groups excluding carboxylic acids is 2. The van der Waals surface area contributed by atoms with Gasteiger partial charge in [-0.15, -0.1) is 0 Å². The lowest BCUT2D eigenvalue weighted by atomic mass is 10.00. The van der Waals surface area contributed by atoms with Crippen molar-refractivity contribution in [2.75, 3.05) is 39.2 Å². The van der Waals surface area contributed by atoms with E-state index in [0.717, 1.165) is 41.0 Å². The Labute approximate surface area is 230 Å². The van der Waals surface area contributed by atoms with Gasteiger partial charge in [0.15, 0.2) is 0 Å². The summed E-state index contributed by atoms with van der Waals surface area (Å²) in [4.78, 5) is 30.7. The van der Waals surface area contributed by atoms with E-state index in [0.29, 0.717) is 29.1 Å². The van der Waals surface area contributed by atoms with Gasteiger partial charge in [0.05, 0.1) is 13.2 Å². The van der Waals surface area contributed by atoms with Crippen LogP contribution in [0, 0.1) is 6.92 Å². The summed E-state index contributed by atoms with van der Waals surface area (Å²) in [7, 11) is 7.33. The fourth-order valence-corrected chi connectivity index (χ4v) is 5.97. The van der Waals surface area contributed by atoms with E-state index in [2.05, 4.69) is 39.6 Å². The summed E-state index contributed by atoms with van der Waals surface area (Å²) >= 11 is 0. The number of hydrogen-bond acceptors (Lipinski definition) is 5. The largest absolute Gasteiger partial charge is 0.497 e. The first-order valence-corrected chi connectivity index (χ1v) is 13.6. The molecule has 2 aliphatic rings. The zero-order valence-corrected chi connectivity index (χ0v) is 23.7. The molecule has 3 atom stereocenters. The molecule has 206 valence electrons. The summed E-state index contributed by atoms with van der Waals surface area (Å²) in [5, 5.41) is 5.88. The number of rotatable bonds is 7. The van der Waals surface area contributed by atoms with Crippen LogP contribution in [0.25, 0.3) is 11.1 Å². The average Bonchev–Trinajstić information content (AvgIpc) is 3.40. The molecule has 2 N–H and O–H groups in total. The number of amides is 2. The number of fused-ring (bicyclic) bond motifs is 2. The molecule has 1 aromatic heterocycles. The molecule has 2 fully saturated rings. The third-order valence-electron chi connectivity index (χ3n) is 8.49. The molecule has 8 heteroatoms. The fraction of sp³-hybridized carbons (Fsp3) is 0.419. The van der Waals surface area contributed by atoms with Crippen molar-refractivity contribution in [3.05, 3.63) is 71.0 Å². The fourth-order valence-electron chi connectivity index (χ4n) is 5.97. The van der Waals surface area contributed by atoms with Gasteiger partial charge in [0, 0.05) is 62.3 Å². The van der Waals surface area contributed by atoms with Crippen LogP contribution in [0.2, 0.25) is 0 Å². The lowest BCUT2D eigenvalue weighted by molar-refractivity contribution is 0.0935. The summed E-state index contributed by atoms with van der Waals surface area (Å²) in [5.74, 6) is 0.455. The number of nitrogens with one attached hydrogen (secondary N) is 2. The molecule has 2 bridgehead atoms.